The number of imidazole rings is 1. The molecule has 3 N–H and O–H groups in total. The number of amides is 1. The molecule has 6 nitrogen and oxygen atoms in total. The van der Waals surface area contributed by atoms with Crippen LogP contribution in [0.1, 0.15) is 55.1 Å². The highest BCUT2D eigenvalue weighted by atomic mass is 28.4. The van der Waals surface area contributed by atoms with Crippen LogP contribution in [0, 0.1) is 6.92 Å². The molecule has 0 saturated heterocycles. The molecule has 2 aromatic heterocycles. The molecule has 1 aromatic carbocycles. The number of nitrogens with zero attached hydrogens (tertiary/aromatic N) is 2. The van der Waals surface area contributed by atoms with E-state index in [0.29, 0.717) is 12.3 Å². The van der Waals surface area contributed by atoms with Gasteiger partial charge in [-0.05, 0) is 49.0 Å². The quantitative estimate of drug-likeness (QED) is 0.499. The third kappa shape index (κ3) is 4.68. The van der Waals surface area contributed by atoms with Gasteiger partial charge in [-0.3, -0.25) is 4.79 Å². The molecule has 1 atom stereocenters. The normalized spacial score (nSPS) is 13.7. The van der Waals surface area contributed by atoms with Gasteiger partial charge in [-0.25, -0.2) is 4.98 Å². The Kier molecular flexibility index (Phi) is 6.24. The van der Waals surface area contributed by atoms with Crippen molar-refractivity contribution in [2.45, 2.75) is 64.7 Å². The molecule has 0 fully saturated rings. The van der Waals surface area contributed by atoms with Crippen LogP contribution in [0.5, 0.6) is 0 Å². The van der Waals surface area contributed by atoms with Crippen molar-refractivity contribution in [1.82, 2.24) is 14.5 Å². The summed E-state index contributed by atoms with van der Waals surface area (Å²) in [5.41, 5.74) is 8.23. The van der Waals surface area contributed by atoms with Crippen LogP contribution in [-0.2, 0) is 11.0 Å². The summed E-state index contributed by atoms with van der Waals surface area (Å²) in [6.07, 6.45) is 2.37. The summed E-state index contributed by atoms with van der Waals surface area (Å²) in [6.45, 7) is 14.8. The van der Waals surface area contributed by atoms with Crippen LogP contribution in [0.4, 0.5) is 0 Å². The minimum absolute atomic E-state index is 0.0489. The average Bonchev–Trinajstić information content (AvgIpc) is 3.26. The number of aryl methyl sites for hydroxylation is 2. The van der Waals surface area contributed by atoms with Gasteiger partial charge in [0.2, 0.25) is 0 Å². The Hall–Kier alpha value is -2.38. The van der Waals surface area contributed by atoms with E-state index in [9.17, 15) is 4.79 Å². The summed E-state index contributed by atoms with van der Waals surface area (Å²) in [5, 5.41) is 1.38. The number of nitrogens with two attached hydrogens (primary N) is 1. The van der Waals surface area contributed by atoms with Crippen molar-refractivity contribution in [2.24, 2.45) is 5.73 Å². The predicted octanol–water partition coefficient (Wildman–Crippen LogP) is 4.97. The standard InChI is InChI=1S/C23H34N4O2Si/c1-16-13-17-9-7-8-10-20(17)27(16)12-11-18(15-29-30(5,6)23(2,3)4)22-25-14-19(26-22)21(24)28/h7-10,13-14,18H,11-12,15H2,1-6H3,(H2,24,28)(H,25,26)/t18-/m0/s1. The number of benzene rings is 1. The summed E-state index contributed by atoms with van der Waals surface area (Å²) in [4.78, 5) is 19.1. The Morgan fingerprint density at radius 2 is 2.00 bits per heavy atom. The second kappa shape index (κ2) is 8.39. The Morgan fingerprint density at radius 3 is 2.63 bits per heavy atom. The smallest absolute Gasteiger partial charge is 0.266 e. The van der Waals surface area contributed by atoms with Gasteiger partial charge in [-0.2, -0.15) is 0 Å². The second-order valence-electron chi connectivity index (χ2n) is 9.60. The Balaban J connectivity index is 1.83. The molecule has 0 spiro atoms. The van der Waals surface area contributed by atoms with Gasteiger partial charge in [-0.1, -0.05) is 39.0 Å². The number of H-pyrrole nitrogens is 1. The zero-order valence-corrected chi connectivity index (χ0v) is 20.0. The van der Waals surface area contributed by atoms with Crippen molar-refractivity contribution >= 4 is 25.1 Å². The molecule has 1 amide bonds. The number of rotatable bonds is 8. The number of carbonyl (C=O) groups is 1. The molecule has 0 aliphatic rings. The largest absolute Gasteiger partial charge is 0.416 e. The topological polar surface area (TPSA) is 85.9 Å². The van der Waals surface area contributed by atoms with E-state index in [1.165, 1.54) is 22.8 Å². The summed E-state index contributed by atoms with van der Waals surface area (Å²) in [7, 11) is -1.91. The number of aromatic amines is 1. The molecular weight excluding hydrogens is 392 g/mol. The van der Waals surface area contributed by atoms with E-state index in [4.69, 9.17) is 10.2 Å². The lowest BCUT2D eigenvalue weighted by Gasteiger charge is -2.37. The van der Waals surface area contributed by atoms with E-state index in [2.05, 4.69) is 85.7 Å². The molecule has 7 heteroatoms. The van der Waals surface area contributed by atoms with Crippen LogP contribution in [0.2, 0.25) is 18.1 Å². The first-order valence-electron chi connectivity index (χ1n) is 10.5. The Labute approximate surface area is 180 Å². The molecule has 0 unspecified atom stereocenters. The maximum atomic E-state index is 11.5. The van der Waals surface area contributed by atoms with E-state index in [1.54, 1.807) is 0 Å². The fourth-order valence-corrected chi connectivity index (χ4v) is 4.47. The fraction of sp³-hybridized carbons (Fsp3) is 0.478. The van der Waals surface area contributed by atoms with Crippen LogP contribution in [-0.4, -0.2) is 35.4 Å². The number of hydrogen-bond acceptors (Lipinski definition) is 3. The SMILES string of the molecule is Cc1cc2ccccc2n1CC[C@@H](CO[Si](C)(C)C(C)(C)C)c1ncc(C(N)=O)[nH]1. The predicted molar refractivity (Wildman–Crippen MR) is 124 cm³/mol. The third-order valence-electron chi connectivity index (χ3n) is 6.42. The first-order valence-corrected chi connectivity index (χ1v) is 13.4. The summed E-state index contributed by atoms with van der Waals surface area (Å²) >= 11 is 0. The first-order chi connectivity index (χ1) is 14.0. The minimum atomic E-state index is -1.91. The lowest BCUT2D eigenvalue weighted by atomic mass is 10.1. The summed E-state index contributed by atoms with van der Waals surface area (Å²) in [5.74, 6) is 0.314. The van der Waals surface area contributed by atoms with Gasteiger partial charge >= 0.3 is 0 Å². The summed E-state index contributed by atoms with van der Waals surface area (Å²) < 4.78 is 8.86. The third-order valence-corrected chi connectivity index (χ3v) is 10.9. The van der Waals surface area contributed by atoms with E-state index >= 15 is 0 Å². The number of aromatic nitrogens is 3. The number of para-hydroxylation sites is 1. The van der Waals surface area contributed by atoms with Gasteiger partial charge in [0, 0.05) is 30.3 Å². The molecule has 162 valence electrons. The number of fused-ring (bicyclic) bond motifs is 1. The molecule has 0 saturated carbocycles. The number of nitrogens with one attached hydrogen (secondary N) is 1. The highest BCUT2D eigenvalue weighted by Gasteiger charge is 2.38. The lowest BCUT2D eigenvalue weighted by Crippen LogP contribution is -2.41. The van der Waals surface area contributed by atoms with Gasteiger partial charge in [0.05, 0.1) is 6.20 Å². The minimum Gasteiger partial charge on any atom is -0.416 e. The average molecular weight is 427 g/mol. The molecule has 3 aromatic rings. The van der Waals surface area contributed by atoms with E-state index in [1.807, 2.05) is 0 Å². The zero-order chi connectivity index (χ0) is 22.1. The molecular formula is C23H34N4O2Si. The number of carbonyl (C=O) groups excluding carboxylic acids is 1. The van der Waals surface area contributed by atoms with Crippen molar-refractivity contribution in [3.63, 3.8) is 0 Å². The van der Waals surface area contributed by atoms with Crippen molar-refractivity contribution in [3.05, 3.63) is 53.7 Å². The van der Waals surface area contributed by atoms with Gasteiger partial charge in [0.15, 0.2) is 8.32 Å². The van der Waals surface area contributed by atoms with E-state index < -0.39 is 14.2 Å². The maximum Gasteiger partial charge on any atom is 0.266 e. The molecule has 0 radical (unpaired) electrons. The van der Waals surface area contributed by atoms with E-state index in [0.717, 1.165) is 18.8 Å². The fourth-order valence-electron chi connectivity index (χ4n) is 3.42. The Bertz CT molecular complexity index is 1030. The van der Waals surface area contributed by atoms with E-state index in [-0.39, 0.29) is 11.0 Å². The van der Waals surface area contributed by atoms with Crippen LogP contribution < -0.4 is 5.73 Å². The zero-order valence-electron chi connectivity index (χ0n) is 19.0. The number of hydrogen-bond donors (Lipinski definition) is 2. The van der Waals surface area contributed by atoms with Crippen LogP contribution in [0.15, 0.2) is 36.5 Å². The molecule has 0 aliphatic heterocycles. The van der Waals surface area contributed by atoms with Crippen LogP contribution >= 0.6 is 0 Å². The highest BCUT2D eigenvalue weighted by Crippen LogP contribution is 2.37. The molecule has 3 rings (SSSR count). The van der Waals surface area contributed by atoms with Crippen LogP contribution in [0.25, 0.3) is 10.9 Å². The van der Waals surface area contributed by atoms with Crippen molar-refractivity contribution in [3.8, 4) is 0 Å². The maximum absolute atomic E-state index is 11.5. The first kappa shape index (κ1) is 22.3. The van der Waals surface area contributed by atoms with Crippen molar-refractivity contribution in [1.29, 1.82) is 0 Å². The number of primary amides is 1. The van der Waals surface area contributed by atoms with Crippen molar-refractivity contribution < 1.29 is 9.22 Å². The van der Waals surface area contributed by atoms with Gasteiger partial charge < -0.3 is 19.7 Å². The van der Waals surface area contributed by atoms with Gasteiger partial charge in [0.1, 0.15) is 11.5 Å². The Morgan fingerprint density at radius 1 is 1.30 bits per heavy atom. The molecule has 0 bridgehead atoms. The second-order valence-corrected chi connectivity index (χ2v) is 14.4. The molecule has 0 aliphatic carbocycles. The molecule has 30 heavy (non-hydrogen) atoms. The van der Waals surface area contributed by atoms with Crippen LogP contribution in [0.3, 0.4) is 0 Å². The summed E-state index contributed by atoms with van der Waals surface area (Å²) in [6, 6.07) is 10.6. The monoisotopic (exact) mass is 426 g/mol. The van der Waals surface area contributed by atoms with Crippen molar-refractivity contribution in [2.75, 3.05) is 6.61 Å². The highest BCUT2D eigenvalue weighted by molar-refractivity contribution is 6.74. The van der Waals surface area contributed by atoms with Gasteiger partial charge in [0.25, 0.3) is 5.91 Å². The molecule has 2 heterocycles. The van der Waals surface area contributed by atoms with Gasteiger partial charge in [-0.15, -0.1) is 0 Å². The lowest BCUT2D eigenvalue weighted by molar-refractivity contribution is 0.0995.